The van der Waals surface area contributed by atoms with Crippen LogP contribution in [0.5, 0.6) is 0 Å². The zero-order valence-corrected chi connectivity index (χ0v) is 15.4. The van der Waals surface area contributed by atoms with Crippen molar-refractivity contribution in [2.45, 2.75) is 31.2 Å². The first kappa shape index (κ1) is 16.4. The van der Waals surface area contributed by atoms with E-state index in [2.05, 4.69) is 30.7 Å². The molecule has 2 heterocycles. The standard InChI is InChI=1S/C20H22N2O2S/c1-3-15-8-10-16(11-9-15)25(23,24)22-13-12-20-18(14-22)17-6-4-5-7-19(17)21(20)2/h4-11H,3,12-14H2,1-2H3. The van der Waals surface area contributed by atoms with Crippen molar-refractivity contribution in [1.29, 1.82) is 0 Å². The van der Waals surface area contributed by atoms with E-state index >= 15 is 0 Å². The third kappa shape index (κ3) is 2.58. The summed E-state index contributed by atoms with van der Waals surface area (Å²) in [6.07, 6.45) is 1.65. The van der Waals surface area contributed by atoms with Gasteiger partial charge in [-0.15, -0.1) is 0 Å². The molecule has 4 nitrogen and oxygen atoms in total. The van der Waals surface area contributed by atoms with Crippen molar-refractivity contribution in [2.24, 2.45) is 7.05 Å². The van der Waals surface area contributed by atoms with Gasteiger partial charge in [0, 0.05) is 43.2 Å². The predicted molar refractivity (Wildman–Crippen MR) is 100 cm³/mol. The van der Waals surface area contributed by atoms with Crippen molar-refractivity contribution in [1.82, 2.24) is 8.87 Å². The summed E-state index contributed by atoms with van der Waals surface area (Å²) in [4.78, 5) is 0.383. The second-order valence-corrected chi connectivity index (χ2v) is 8.53. The van der Waals surface area contributed by atoms with Crippen molar-refractivity contribution >= 4 is 20.9 Å². The minimum atomic E-state index is -3.47. The number of fused-ring (bicyclic) bond motifs is 3. The summed E-state index contributed by atoms with van der Waals surface area (Å²) >= 11 is 0. The first-order valence-corrected chi connectivity index (χ1v) is 10.1. The van der Waals surface area contributed by atoms with Crippen molar-refractivity contribution in [3.63, 3.8) is 0 Å². The number of hydrogen-bond donors (Lipinski definition) is 0. The maximum Gasteiger partial charge on any atom is 0.243 e. The molecule has 0 spiro atoms. The van der Waals surface area contributed by atoms with E-state index in [9.17, 15) is 8.42 Å². The average Bonchev–Trinajstić information content (AvgIpc) is 2.94. The lowest BCUT2D eigenvalue weighted by Crippen LogP contribution is -2.36. The zero-order valence-electron chi connectivity index (χ0n) is 14.6. The van der Waals surface area contributed by atoms with Gasteiger partial charge in [-0.2, -0.15) is 4.31 Å². The fraction of sp³-hybridized carbons (Fsp3) is 0.300. The maximum absolute atomic E-state index is 13.1. The summed E-state index contributed by atoms with van der Waals surface area (Å²) in [5, 5.41) is 1.15. The number of rotatable bonds is 3. The fourth-order valence-electron chi connectivity index (χ4n) is 3.76. The lowest BCUT2D eigenvalue weighted by molar-refractivity contribution is 0.388. The molecule has 0 bridgehead atoms. The lowest BCUT2D eigenvalue weighted by atomic mass is 10.1. The Hall–Kier alpha value is -2.11. The van der Waals surface area contributed by atoms with Crippen LogP contribution in [-0.4, -0.2) is 23.8 Å². The van der Waals surface area contributed by atoms with Gasteiger partial charge in [-0.05, 0) is 35.7 Å². The van der Waals surface area contributed by atoms with E-state index in [4.69, 9.17) is 0 Å². The number of para-hydroxylation sites is 1. The molecule has 0 unspecified atom stereocenters. The molecule has 0 radical (unpaired) electrons. The molecule has 0 amide bonds. The molecule has 4 rings (SSSR count). The molecular formula is C20H22N2O2S. The molecule has 0 fully saturated rings. The molecule has 1 aliphatic heterocycles. The first-order chi connectivity index (χ1) is 12.0. The Morgan fingerprint density at radius 3 is 2.48 bits per heavy atom. The normalized spacial score (nSPS) is 15.4. The summed E-state index contributed by atoms with van der Waals surface area (Å²) < 4.78 is 29.9. The van der Waals surface area contributed by atoms with E-state index < -0.39 is 10.0 Å². The second kappa shape index (κ2) is 6.00. The summed E-state index contributed by atoms with van der Waals surface area (Å²) in [6, 6.07) is 15.5. The van der Waals surface area contributed by atoms with Gasteiger partial charge in [-0.25, -0.2) is 8.42 Å². The number of benzene rings is 2. The van der Waals surface area contributed by atoms with E-state index in [0.717, 1.165) is 29.4 Å². The lowest BCUT2D eigenvalue weighted by Gasteiger charge is -2.27. The molecule has 0 N–H and O–H groups in total. The third-order valence-corrected chi connectivity index (χ3v) is 7.10. The van der Waals surface area contributed by atoms with Crippen LogP contribution < -0.4 is 0 Å². The summed E-state index contributed by atoms with van der Waals surface area (Å²) in [7, 11) is -1.40. The van der Waals surface area contributed by atoms with Gasteiger partial charge in [0.1, 0.15) is 0 Å². The minimum Gasteiger partial charge on any atom is -0.347 e. The van der Waals surface area contributed by atoms with Gasteiger partial charge in [0.15, 0.2) is 0 Å². The van der Waals surface area contributed by atoms with Gasteiger partial charge >= 0.3 is 0 Å². The van der Waals surface area contributed by atoms with Crippen LogP contribution in [0, 0.1) is 0 Å². The van der Waals surface area contributed by atoms with Crippen molar-refractivity contribution in [3.8, 4) is 0 Å². The van der Waals surface area contributed by atoms with Gasteiger partial charge in [0.25, 0.3) is 0 Å². The van der Waals surface area contributed by atoms with Gasteiger partial charge in [-0.1, -0.05) is 37.3 Å². The van der Waals surface area contributed by atoms with E-state index in [1.807, 2.05) is 24.3 Å². The van der Waals surface area contributed by atoms with Gasteiger partial charge in [0.05, 0.1) is 4.90 Å². The van der Waals surface area contributed by atoms with Gasteiger partial charge in [-0.3, -0.25) is 0 Å². The van der Waals surface area contributed by atoms with Gasteiger partial charge in [0.2, 0.25) is 10.0 Å². The van der Waals surface area contributed by atoms with E-state index in [1.165, 1.54) is 11.2 Å². The molecule has 0 aliphatic carbocycles. The van der Waals surface area contributed by atoms with E-state index in [1.54, 1.807) is 16.4 Å². The number of sulfonamides is 1. The number of aromatic nitrogens is 1. The van der Waals surface area contributed by atoms with Crippen LogP contribution in [0.25, 0.3) is 10.9 Å². The Labute approximate surface area is 148 Å². The molecule has 2 aromatic carbocycles. The number of nitrogens with zero attached hydrogens (tertiary/aromatic N) is 2. The highest BCUT2D eigenvalue weighted by Gasteiger charge is 2.31. The highest BCUT2D eigenvalue weighted by molar-refractivity contribution is 7.89. The third-order valence-electron chi connectivity index (χ3n) is 5.25. The Morgan fingerprint density at radius 1 is 1.04 bits per heavy atom. The number of aryl methyl sites for hydroxylation is 2. The molecule has 25 heavy (non-hydrogen) atoms. The first-order valence-electron chi connectivity index (χ1n) is 8.66. The van der Waals surface area contributed by atoms with Crippen LogP contribution in [0.3, 0.4) is 0 Å². The van der Waals surface area contributed by atoms with Crippen LogP contribution in [0.2, 0.25) is 0 Å². The largest absolute Gasteiger partial charge is 0.347 e. The van der Waals surface area contributed by atoms with Crippen LogP contribution in [-0.2, 0) is 36.5 Å². The molecule has 0 saturated heterocycles. The summed E-state index contributed by atoms with van der Waals surface area (Å²) in [6.45, 7) is 3.03. The molecule has 5 heteroatoms. The summed E-state index contributed by atoms with van der Waals surface area (Å²) in [5.41, 5.74) is 4.69. The maximum atomic E-state index is 13.1. The fourth-order valence-corrected chi connectivity index (χ4v) is 5.17. The molecule has 0 atom stereocenters. The Bertz CT molecular complexity index is 1030. The zero-order chi connectivity index (χ0) is 17.6. The molecule has 130 valence electrons. The topological polar surface area (TPSA) is 42.3 Å². The predicted octanol–water partition coefficient (Wildman–Crippen LogP) is 3.49. The SMILES string of the molecule is CCc1ccc(S(=O)(=O)N2CCc3c(c4ccccc4n3C)C2)cc1. The Kier molecular flexibility index (Phi) is 3.93. The van der Waals surface area contributed by atoms with Crippen LogP contribution >= 0.6 is 0 Å². The smallest absolute Gasteiger partial charge is 0.243 e. The van der Waals surface area contributed by atoms with Crippen molar-refractivity contribution < 1.29 is 8.42 Å². The quantitative estimate of drug-likeness (QED) is 0.722. The van der Waals surface area contributed by atoms with Crippen LogP contribution in [0.4, 0.5) is 0 Å². The molecule has 1 aromatic heterocycles. The van der Waals surface area contributed by atoms with Crippen LogP contribution in [0.1, 0.15) is 23.7 Å². The van der Waals surface area contributed by atoms with Crippen LogP contribution in [0.15, 0.2) is 53.4 Å². The molecule has 1 aliphatic rings. The van der Waals surface area contributed by atoms with Gasteiger partial charge < -0.3 is 4.57 Å². The average molecular weight is 354 g/mol. The Morgan fingerprint density at radius 2 is 1.76 bits per heavy atom. The second-order valence-electron chi connectivity index (χ2n) is 6.59. The highest BCUT2D eigenvalue weighted by Crippen LogP contribution is 2.32. The Balaban J connectivity index is 1.73. The monoisotopic (exact) mass is 354 g/mol. The summed E-state index contributed by atoms with van der Waals surface area (Å²) in [5.74, 6) is 0. The molecular weight excluding hydrogens is 332 g/mol. The van der Waals surface area contributed by atoms with Crippen molar-refractivity contribution in [3.05, 3.63) is 65.4 Å². The minimum absolute atomic E-state index is 0.383. The van der Waals surface area contributed by atoms with E-state index in [0.29, 0.717) is 18.0 Å². The highest BCUT2D eigenvalue weighted by atomic mass is 32.2. The van der Waals surface area contributed by atoms with E-state index in [-0.39, 0.29) is 0 Å². The molecule has 3 aromatic rings. The van der Waals surface area contributed by atoms with Crippen molar-refractivity contribution in [2.75, 3.05) is 6.54 Å². The molecule has 0 saturated carbocycles. The number of hydrogen-bond acceptors (Lipinski definition) is 2.